The molecule has 1 aromatic heterocycles. The fourth-order valence-corrected chi connectivity index (χ4v) is 1.18. The summed E-state index contributed by atoms with van der Waals surface area (Å²) in [5, 5.41) is 6.76. The molecule has 1 N–H and O–H groups in total. The Hall–Kier alpha value is -2.10. The molecule has 0 aliphatic heterocycles. The van der Waals surface area contributed by atoms with Gasteiger partial charge in [-0.1, -0.05) is 0 Å². The quantitative estimate of drug-likeness (QED) is 0.744. The zero-order valence-corrected chi connectivity index (χ0v) is 7.31. The first-order valence-electron chi connectivity index (χ1n) is 4.10. The molecule has 0 aliphatic carbocycles. The van der Waals surface area contributed by atoms with Crippen LogP contribution in [0.1, 0.15) is 0 Å². The maximum atomic E-state index is 10.0. The van der Waals surface area contributed by atoms with Crippen LogP contribution in [0.3, 0.4) is 0 Å². The number of H-pyrrole nitrogens is 1. The lowest BCUT2D eigenvalue weighted by Crippen LogP contribution is -1.87. The Labute approximate surface area is 80.5 Å². The van der Waals surface area contributed by atoms with E-state index in [2.05, 4.69) is 14.9 Å². The molecule has 0 bridgehead atoms. The van der Waals surface area contributed by atoms with E-state index in [1.165, 1.54) is 0 Å². The van der Waals surface area contributed by atoms with Crippen molar-refractivity contribution in [1.29, 1.82) is 0 Å². The van der Waals surface area contributed by atoms with Crippen molar-refractivity contribution in [1.82, 2.24) is 10.2 Å². The van der Waals surface area contributed by atoms with Crippen molar-refractivity contribution in [2.75, 3.05) is 0 Å². The summed E-state index contributed by atoms with van der Waals surface area (Å²) in [7, 11) is 0. The van der Waals surface area contributed by atoms with Crippen molar-refractivity contribution in [3.8, 4) is 17.0 Å². The van der Waals surface area contributed by atoms with E-state index < -0.39 is 0 Å². The SMILES string of the molecule is O=COc1ccc(-c2cc[nH]n2)cc1. The lowest BCUT2D eigenvalue weighted by atomic mass is 10.1. The molecule has 0 radical (unpaired) electrons. The van der Waals surface area contributed by atoms with Gasteiger partial charge in [0.25, 0.3) is 6.47 Å². The molecule has 0 fully saturated rings. The van der Waals surface area contributed by atoms with Gasteiger partial charge in [0.2, 0.25) is 0 Å². The van der Waals surface area contributed by atoms with Gasteiger partial charge in [0.15, 0.2) is 0 Å². The lowest BCUT2D eigenvalue weighted by Gasteiger charge is -1.98. The molecule has 70 valence electrons. The van der Waals surface area contributed by atoms with Gasteiger partial charge >= 0.3 is 0 Å². The first kappa shape index (κ1) is 8.50. The number of hydrogen-bond acceptors (Lipinski definition) is 3. The van der Waals surface area contributed by atoms with Gasteiger partial charge in [-0.2, -0.15) is 5.10 Å². The Bertz CT molecular complexity index is 406. The van der Waals surface area contributed by atoms with Crippen molar-refractivity contribution in [2.24, 2.45) is 0 Å². The zero-order chi connectivity index (χ0) is 9.80. The van der Waals surface area contributed by atoms with Crippen LogP contribution in [-0.4, -0.2) is 16.7 Å². The number of hydrogen-bond donors (Lipinski definition) is 1. The third kappa shape index (κ3) is 1.64. The van der Waals surface area contributed by atoms with E-state index in [9.17, 15) is 4.79 Å². The largest absolute Gasteiger partial charge is 0.429 e. The maximum Gasteiger partial charge on any atom is 0.298 e. The highest BCUT2D eigenvalue weighted by molar-refractivity contribution is 5.60. The van der Waals surface area contributed by atoms with E-state index in [1.807, 2.05) is 18.2 Å². The monoisotopic (exact) mass is 188 g/mol. The van der Waals surface area contributed by atoms with Crippen LogP contribution in [0.4, 0.5) is 0 Å². The Morgan fingerprint density at radius 1 is 1.21 bits per heavy atom. The van der Waals surface area contributed by atoms with Crippen LogP contribution < -0.4 is 4.74 Å². The van der Waals surface area contributed by atoms with E-state index in [1.54, 1.807) is 18.3 Å². The fraction of sp³-hybridized carbons (Fsp3) is 0. The van der Waals surface area contributed by atoms with Crippen LogP contribution in [0, 0.1) is 0 Å². The lowest BCUT2D eigenvalue weighted by molar-refractivity contribution is -0.120. The Balaban J connectivity index is 2.26. The van der Waals surface area contributed by atoms with Gasteiger partial charge in [0.1, 0.15) is 5.75 Å². The van der Waals surface area contributed by atoms with E-state index >= 15 is 0 Å². The molecule has 14 heavy (non-hydrogen) atoms. The number of nitrogens with one attached hydrogen (secondary N) is 1. The number of benzene rings is 1. The van der Waals surface area contributed by atoms with Crippen LogP contribution in [-0.2, 0) is 4.79 Å². The van der Waals surface area contributed by atoms with Crippen LogP contribution in [0.15, 0.2) is 36.5 Å². The van der Waals surface area contributed by atoms with Gasteiger partial charge in [0.05, 0.1) is 5.69 Å². The molecular formula is C10H8N2O2. The molecule has 0 saturated heterocycles. The summed E-state index contributed by atoms with van der Waals surface area (Å²) >= 11 is 0. The normalized spacial score (nSPS) is 9.71. The van der Waals surface area contributed by atoms with E-state index in [4.69, 9.17) is 0 Å². The molecule has 2 rings (SSSR count). The number of nitrogens with zero attached hydrogens (tertiary/aromatic N) is 1. The van der Waals surface area contributed by atoms with Gasteiger partial charge in [-0.25, -0.2) is 0 Å². The zero-order valence-electron chi connectivity index (χ0n) is 7.31. The fourth-order valence-electron chi connectivity index (χ4n) is 1.18. The second-order valence-electron chi connectivity index (χ2n) is 2.70. The number of carbonyl (C=O) groups excluding carboxylic acids is 1. The smallest absolute Gasteiger partial charge is 0.298 e. The first-order valence-corrected chi connectivity index (χ1v) is 4.10. The second-order valence-corrected chi connectivity index (χ2v) is 2.70. The number of rotatable bonds is 3. The number of aromatic nitrogens is 2. The molecule has 0 aliphatic rings. The predicted octanol–water partition coefficient (Wildman–Crippen LogP) is 1.61. The van der Waals surface area contributed by atoms with Crippen molar-refractivity contribution in [3.63, 3.8) is 0 Å². The van der Waals surface area contributed by atoms with Gasteiger partial charge < -0.3 is 4.74 Å². The molecular weight excluding hydrogens is 180 g/mol. The summed E-state index contributed by atoms with van der Waals surface area (Å²) in [5.41, 5.74) is 1.84. The van der Waals surface area contributed by atoms with Crippen LogP contribution in [0.2, 0.25) is 0 Å². The molecule has 0 atom stereocenters. The highest BCUT2D eigenvalue weighted by atomic mass is 16.5. The summed E-state index contributed by atoms with van der Waals surface area (Å²) in [5.74, 6) is 0.527. The first-order chi connectivity index (χ1) is 6.90. The van der Waals surface area contributed by atoms with Gasteiger partial charge in [0, 0.05) is 11.8 Å². The van der Waals surface area contributed by atoms with E-state index in [0.717, 1.165) is 11.3 Å². The number of ether oxygens (including phenoxy) is 1. The van der Waals surface area contributed by atoms with Crippen LogP contribution in [0.25, 0.3) is 11.3 Å². The topological polar surface area (TPSA) is 55.0 Å². The minimum Gasteiger partial charge on any atom is -0.429 e. The molecule has 2 aromatic rings. The minimum absolute atomic E-state index is 0.406. The second kappa shape index (κ2) is 3.74. The average Bonchev–Trinajstić information content (AvgIpc) is 2.72. The molecule has 1 heterocycles. The maximum absolute atomic E-state index is 10.0. The van der Waals surface area contributed by atoms with E-state index in [-0.39, 0.29) is 0 Å². The molecule has 0 amide bonds. The number of carbonyl (C=O) groups is 1. The molecule has 0 unspecified atom stereocenters. The third-order valence-electron chi connectivity index (χ3n) is 1.84. The highest BCUT2D eigenvalue weighted by Crippen LogP contribution is 2.19. The van der Waals surface area contributed by atoms with Crippen LogP contribution >= 0.6 is 0 Å². The summed E-state index contributed by atoms with van der Waals surface area (Å²) in [6, 6.07) is 9.00. The molecule has 0 spiro atoms. The Morgan fingerprint density at radius 3 is 2.57 bits per heavy atom. The summed E-state index contributed by atoms with van der Waals surface area (Å²) in [6.45, 7) is 0.406. The summed E-state index contributed by atoms with van der Waals surface area (Å²) in [4.78, 5) is 10.0. The molecule has 1 aromatic carbocycles. The van der Waals surface area contributed by atoms with Gasteiger partial charge in [-0.15, -0.1) is 0 Å². The highest BCUT2D eigenvalue weighted by Gasteiger charge is 1.99. The standard InChI is InChI=1S/C10H8N2O2/c13-7-14-9-3-1-8(2-4-9)10-5-6-11-12-10/h1-7H,(H,11,12). The third-order valence-corrected chi connectivity index (χ3v) is 1.84. The average molecular weight is 188 g/mol. The van der Waals surface area contributed by atoms with Gasteiger partial charge in [-0.3, -0.25) is 9.89 Å². The van der Waals surface area contributed by atoms with Gasteiger partial charge in [-0.05, 0) is 30.3 Å². The predicted molar refractivity (Wildman–Crippen MR) is 50.7 cm³/mol. The molecule has 0 saturated carbocycles. The van der Waals surface area contributed by atoms with Crippen molar-refractivity contribution >= 4 is 6.47 Å². The van der Waals surface area contributed by atoms with Crippen LogP contribution in [0.5, 0.6) is 5.75 Å². The van der Waals surface area contributed by atoms with Crippen molar-refractivity contribution in [2.45, 2.75) is 0 Å². The summed E-state index contributed by atoms with van der Waals surface area (Å²) in [6.07, 6.45) is 1.76. The van der Waals surface area contributed by atoms with Crippen molar-refractivity contribution < 1.29 is 9.53 Å². The molecule has 4 heteroatoms. The van der Waals surface area contributed by atoms with Crippen molar-refractivity contribution in [3.05, 3.63) is 36.5 Å². The molecule has 4 nitrogen and oxygen atoms in total. The summed E-state index contributed by atoms with van der Waals surface area (Å²) < 4.78 is 4.67. The van der Waals surface area contributed by atoms with E-state index in [0.29, 0.717) is 12.2 Å². The Kier molecular flexibility index (Phi) is 2.27. The minimum atomic E-state index is 0.406. The Morgan fingerprint density at radius 2 is 2.00 bits per heavy atom. The number of aromatic amines is 1.